The minimum absolute atomic E-state index is 0.00109. The van der Waals surface area contributed by atoms with E-state index in [2.05, 4.69) is 15.3 Å². The highest BCUT2D eigenvalue weighted by Crippen LogP contribution is 2.16. The molecule has 0 radical (unpaired) electrons. The van der Waals surface area contributed by atoms with Crippen molar-refractivity contribution in [1.82, 2.24) is 19.8 Å². The summed E-state index contributed by atoms with van der Waals surface area (Å²) in [5, 5.41) is 2.82. The van der Waals surface area contributed by atoms with Gasteiger partial charge < -0.3 is 19.9 Å². The molecule has 2 fully saturated rings. The summed E-state index contributed by atoms with van der Waals surface area (Å²) in [6, 6.07) is 0. The molecule has 8 nitrogen and oxygen atoms in total. The van der Waals surface area contributed by atoms with Crippen LogP contribution in [-0.4, -0.2) is 77.5 Å². The van der Waals surface area contributed by atoms with Gasteiger partial charge in [-0.05, 0) is 12.8 Å². The van der Waals surface area contributed by atoms with E-state index >= 15 is 0 Å². The first kappa shape index (κ1) is 17.6. The smallest absolute Gasteiger partial charge is 0.257 e. The third-order valence-corrected chi connectivity index (χ3v) is 4.67. The number of likely N-dealkylation sites (tertiary alicyclic amines) is 1. The van der Waals surface area contributed by atoms with Crippen LogP contribution in [0.4, 0.5) is 5.95 Å². The highest BCUT2D eigenvalue weighted by atomic mass is 16.5. The summed E-state index contributed by atoms with van der Waals surface area (Å²) < 4.78 is 5.66. The van der Waals surface area contributed by atoms with Crippen molar-refractivity contribution in [2.24, 2.45) is 0 Å². The lowest BCUT2D eigenvalue weighted by molar-refractivity contribution is -0.148. The first-order chi connectivity index (χ1) is 12.2. The summed E-state index contributed by atoms with van der Waals surface area (Å²) in [5.74, 6) is 0.300. The van der Waals surface area contributed by atoms with Crippen molar-refractivity contribution in [3.63, 3.8) is 0 Å². The van der Waals surface area contributed by atoms with Gasteiger partial charge in [-0.25, -0.2) is 9.97 Å². The molecule has 0 bridgehead atoms. The van der Waals surface area contributed by atoms with Crippen molar-refractivity contribution in [2.45, 2.75) is 31.8 Å². The molecular weight excluding hydrogens is 322 g/mol. The minimum Gasteiger partial charge on any atom is -0.365 e. The zero-order valence-electron chi connectivity index (χ0n) is 14.6. The van der Waals surface area contributed by atoms with E-state index in [0.717, 1.165) is 25.9 Å². The number of amides is 2. The lowest BCUT2D eigenvalue weighted by Gasteiger charge is -2.34. The molecule has 3 rings (SSSR count). The van der Waals surface area contributed by atoms with E-state index in [9.17, 15) is 9.59 Å². The van der Waals surface area contributed by atoms with Crippen LogP contribution in [0.3, 0.4) is 0 Å². The second-order valence-corrected chi connectivity index (χ2v) is 6.40. The zero-order chi connectivity index (χ0) is 17.6. The molecule has 3 heterocycles. The summed E-state index contributed by atoms with van der Waals surface area (Å²) in [6.07, 6.45) is 6.84. The number of hydrogen-bond donors (Lipinski definition) is 1. The van der Waals surface area contributed by atoms with Gasteiger partial charge in [0.15, 0.2) is 6.10 Å². The number of ether oxygens (including phenoxy) is 1. The van der Waals surface area contributed by atoms with Crippen LogP contribution in [0.1, 0.15) is 36.0 Å². The number of hydrogen-bond acceptors (Lipinski definition) is 6. The van der Waals surface area contributed by atoms with E-state index in [1.165, 1.54) is 25.2 Å². The van der Waals surface area contributed by atoms with E-state index in [1.54, 1.807) is 11.9 Å². The van der Waals surface area contributed by atoms with Crippen molar-refractivity contribution >= 4 is 17.8 Å². The van der Waals surface area contributed by atoms with Gasteiger partial charge in [0, 0.05) is 39.1 Å². The van der Waals surface area contributed by atoms with Crippen LogP contribution in [0.25, 0.3) is 0 Å². The predicted molar refractivity (Wildman–Crippen MR) is 92.3 cm³/mol. The number of nitrogens with one attached hydrogen (secondary N) is 1. The lowest BCUT2D eigenvalue weighted by atomic mass is 10.2. The van der Waals surface area contributed by atoms with Gasteiger partial charge in [-0.15, -0.1) is 0 Å². The second-order valence-electron chi connectivity index (χ2n) is 6.40. The number of nitrogens with zero attached hydrogens (tertiary/aromatic N) is 4. The molecule has 0 aliphatic carbocycles. The molecule has 1 aromatic rings. The van der Waals surface area contributed by atoms with Crippen LogP contribution >= 0.6 is 0 Å². The molecule has 0 spiro atoms. The molecule has 2 aliphatic heterocycles. The molecular formula is C17H25N5O3. The SMILES string of the molecule is CNc1ncc(C(=O)N2CCO[C@@H](C(=O)N3CCCCCC3)C2)cn1. The van der Waals surface area contributed by atoms with Gasteiger partial charge in [-0.1, -0.05) is 12.8 Å². The summed E-state index contributed by atoms with van der Waals surface area (Å²) in [4.78, 5) is 37.1. The van der Waals surface area contributed by atoms with Crippen molar-refractivity contribution in [2.75, 3.05) is 45.2 Å². The molecule has 2 amide bonds. The van der Waals surface area contributed by atoms with Gasteiger partial charge in [-0.3, -0.25) is 9.59 Å². The maximum absolute atomic E-state index is 12.7. The first-order valence-corrected chi connectivity index (χ1v) is 8.88. The Morgan fingerprint density at radius 3 is 2.40 bits per heavy atom. The normalized spacial score (nSPS) is 21.6. The van der Waals surface area contributed by atoms with E-state index in [1.807, 2.05) is 4.90 Å². The standard InChI is InChI=1S/C17H25N5O3/c1-18-17-19-10-13(11-20-17)15(23)22-8-9-25-14(12-22)16(24)21-6-4-2-3-5-7-21/h10-11,14H,2-9,12H2,1H3,(H,18,19,20)/t14-/m1/s1. The maximum atomic E-state index is 12.7. The number of aromatic nitrogens is 2. The Hall–Kier alpha value is -2.22. The minimum atomic E-state index is -0.576. The topological polar surface area (TPSA) is 87.7 Å². The van der Waals surface area contributed by atoms with E-state index < -0.39 is 6.10 Å². The van der Waals surface area contributed by atoms with Crippen molar-refractivity contribution in [3.05, 3.63) is 18.0 Å². The molecule has 8 heteroatoms. The molecule has 25 heavy (non-hydrogen) atoms. The van der Waals surface area contributed by atoms with Crippen LogP contribution in [0.5, 0.6) is 0 Å². The Morgan fingerprint density at radius 2 is 1.76 bits per heavy atom. The van der Waals surface area contributed by atoms with Crippen LogP contribution in [0.15, 0.2) is 12.4 Å². The Balaban J connectivity index is 1.63. The van der Waals surface area contributed by atoms with Crippen LogP contribution in [-0.2, 0) is 9.53 Å². The maximum Gasteiger partial charge on any atom is 0.257 e. The van der Waals surface area contributed by atoms with Crippen molar-refractivity contribution in [1.29, 1.82) is 0 Å². The van der Waals surface area contributed by atoms with Gasteiger partial charge in [0.05, 0.1) is 18.7 Å². The van der Waals surface area contributed by atoms with Gasteiger partial charge in [0.25, 0.3) is 11.8 Å². The van der Waals surface area contributed by atoms with Crippen LogP contribution in [0.2, 0.25) is 0 Å². The molecule has 2 saturated heterocycles. The predicted octanol–water partition coefficient (Wildman–Crippen LogP) is 0.762. The fourth-order valence-electron chi connectivity index (χ4n) is 3.23. The molecule has 1 N–H and O–H groups in total. The molecule has 136 valence electrons. The van der Waals surface area contributed by atoms with Gasteiger partial charge in [0.1, 0.15) is 0 Å². The van der Waals surface area contributed by atoms with Gasteiger partial charge in [-0.2, -0.15) is 0 Å². The fraction of sp³-hybridized carbons (Fsp3) is 0.647. The van der Waals surface area contributed by atoms with Crippen LogP contribution < -0.4 is 5.32 Å². The fourth-order valence-corrected chi connectivity index (χ4v) is 3.23. The third kappa shape index (κ3) is 4.25. The summed E-state index contributed by atoms with van der Waals surface area (Å²) in [6.45, 7) is 2.68. The van der Waals surface area contributed by atoms with E-state index in [0.29, 0.717) is 24.7 Å². The highest BCUT2D eigenvalue weighted by Gasteiger charge is 2.32. The average Bonchev–Trinajstić information content (AvgIpc) is 2.96. The van der Waals surface area contributed by atoms with Crippen molar-refractivity contribution in [3.8, 4) is 0 Å². The average molecular weight is 347 g/mol. The van der Waals surface area contributed by atoms with Gasteiger partial charge in [0.2, 0.25) is 5.95 Å². The quantitative estimate of drug-likeness (QED) is 0.869. The van der Waals surface area contributed by atoms with Gasteiger partial charge >= 0.3 is 0 Å². The summed E-state index contributed by atoms with van der Waals surface area (Å²) >= 11 is 0. The Kier molecular flexibility index (Phi) is 5.80. The molecule has 1 atom stereocenters. The Morgan fingerprint density at radius 1 is 1.08 bits per heavy atom. The lowest BCUT2D eigenvalue weighted by Crippen LogP contribution is -2.52. The second kappa shape index (κ2) is 8.24. The monoisotopic (exact) mass is 347 g/mol. The third-order valence-electron chi connectivity index (χ3n) is 4.67. The van der Waals surface area contributed by atoms with E-state index in [-0.39, 0.29) is 18.4 Å². The molecule has 0 saturated carbocycles. The highest BCUT2D eigenvalue weighted by molar-refractivity contribution is 5.94. The van der Waals surface area contributed by atoms with E-state index in [4.69, 9.17) is 4.74 Å². The number of morpholine rings is 1. The first-order valence-electron chi connectivity index (χ1n) is 8.88. The molecule has 2 aliphatic rings. The number of carbonyl (C=O) groups excluding carboxylic acids is 2. The Labute approximate surface area is 147 Å². The number of anilines is 1. The number of rotatable bonds is 3. The molecule has 0 aromatic carbocycles. The number of carbonyl (C=O) groups is 2. The Bertz CT molecular complexity index is 599. The molecule has 0 unspecified atom stereocenters. The molecule has 1 aromatic heterocycles. The van der Waals surface area contributed by atoms with Crippen LogP contribution in [0, 0.1) is 0 Å². The van der Waals surface area contributed by atoms with Crippen molar-refractivity contribution < 1.29 is 14.3 Å². The summed E-state index contributed by atoms with van der Waals surface area (Å²) in [5.41, 5.74) is 0.418. The summed E-state index contributed by atoms with van der Waals surface area (Å²) in [7, 11) is 1.72. The zero-order valence-corrected chi connectivity index (χ0v) is 14.6. The largest absolute Gasteiger partial charge is 0.365 e.